The number of rotatable bonds is 4. The average molecular weight is 284 g/mol. The third-order valence-corrected chi connectivity index (χ3v) is 9.46. The van der Waals surface area contributed by atoms with Crippen LogP contribution in [0, 0.1) is 0 Å². The quantitative estimate of drug-likeness (QED) is 0.864. The van der Waals surface area contributed by atoms with Crippen LogP contribution in [0.5, 0.6) is 0 Å². The summed E-state index contributed by atoms with van der Waals surface area (Å²) in [6.45, 7) is 5.01. The van der Waals surface area contributed by atoms with E-state index in [0.717, 1.165) is 0 Å². The van der Waals surface area contributed by atoms with Crippen molar-refractivity contribution in [3.63, 3.8) is 0 Å². The summed E-state index contributed by atoms with van der Waals surface area (Å²) in [4.78, 5) is 0. The molecule has 0 saturated heterocycles. The Kier molecular flexibility index (Phi) is 3.28. The van der Waals surface area contributed by atoms with Gasteiger partial charge in [0.05, 0.1) is 13.2 Å². The Morgan fingerprint density at radius 1 is 1.00 bits per heavy atom. The summed E-state index contributed by atoms with van der Waals surface area (Å²) in [5.74, 6) is 0. The van der Waals surface area contributed by atoms with E-state index in [4.69, 9.17) is 4.43 Å². The SMILES string of the molecule is CC1(C)c2ccccc2[Si]1(OCCO)c1ccccc1. The van der Waals surface area contributed by atoms with E-state index in [-0.39, 0.29) is 11.6 Å². The van der Waals surface area contributed by atoms with Gasteiger partial charge in [-0.15, -0.1) is 0 Å². The minimum Gasteiger partial charge on any atom is -0.405 e. The highest BCUT2D eigenvalue weighted by Crippen LogP contribution is 2.42. The first-order valence-corrected chi connectivity index (χ1v) is 8.96. The number of fused-ring (bicyclic) bond motifs is 1. The number of hydrogen-bond donors (Lipinski definition) is 1. The largest absolute Gasteiger partial charge is 0.405 e. The number of benzene rings is 2. The van der Waals surface area contributed by atoms with Gasteiger partial charge in [0.2, 0.25) is 0 Å². The lowest BCUT2D eigenvalue weighted by molar-refractivity contribution is 0.190. The Hall–Kier alpha value is -1.42. The topological polar surface area (TPSA) is 29.5 Å². The lowest BCUT2D eigenvalue weighted by atomic mass is 10.0. The second-order valence-corrected chi connectivity index (χ2v) is 9.81. The molecule has 1 aliphatic rings. The molecule has 2 aromatic rings. The lowest BCUT2D eigenvalue weighted by Crippen LogP contribution is -2.81. The standard InChI is InChI=1S/C17H20O2Si/c1-17(2)15-10-6-7-11-16(15)20(17,19-13-12-18)14-8-4-3-5-9-14/h3-11,18H,12-13H2,1-2H3. The molecule has 1 unspecified atom stereocenters. The van der Waals surface area contributed by atoms with Crippen molar-refractivity contribution >= 4 is 18.7 Å². The van der Waals surface area contributed by atoms with Gasteiger partial charge in [0, 0.05) is 5.04 Å². The van der Waals surface area contributed by atoms with Gasteiger partial charge in [0.1, 0.15) is 0 Å². The van der Waals surface area contributed by atoms with Gasteiger partial charge in [0.15, 0.2) is 0 Å². The molecule has 0 fully saturated rings. The Morgan fingerprint density at radius 3 is 2.35 bits per heavy atom. The monoisotopic (exact) mass is 284 g/mol. The molecule has 1 aliphatic heterocycles. The highest BCUT2D eigenvalue weighted by atomic mass is 28.4. The molecule has 3 heteroatoms. The van der Waals surface area contributed by atoms with Gasteiger partial charge in [-0.1, -0.05) is 68.4 Å². The molecule has 2 nitrogen and oxygen atoms in total. The predicted molar refractivity (Wildman–Crippen MR) is 84.0 cm³/mol. The second kappa shape index (κ2) is 4.84. The number of hydrogen-bond acceptors (Lipinski definition) is 2. The summed E-state index contributed by atoms with van der Waals surface area (Å²) >= 11 is 0. The zero-order valence-electron chi connectivity index (χ0n) is 12.0. The van der Waals surface area contributed by atoms with Gasteiger partial charge in [-0.05, 0) is 15.9 Å². The summed E-state index contributed by atoms with van der Waals surface area (Å²) in [5, 5.41) is 11.9. The van der Waals surface area contributed by atoms with E-state index >= 15 is 0 Å². The first-order chi connectivity index (χ1) is 9.64. The van der Waals surface area contributed by atoms with E-state index in [1.807, 2.05) is 6.07 Å². The van der Waals surface area contributed by atoms with Crippen LogP contribution in [-0.2, 0) is 9.46 Å². The zero-order valence-corrected chi connectivity index (χ0v) is 13.0. The third-order valence-electron chi connectivity index (χ3n) is 4.45. The minimum absolute atomic E-state index is 0.0279. The molecular formula is C17H20O2Si. The third kappa shape index (κ3) is 1.64. The number of aliphatic hydroxyl groups excluding tert-OH is 1. The summed E-state index contributed by atoms with van der Waals surface area (Å²) in [6.07, 6.45) is 0. The Bertz CT molecular complexity index is 609. The lowest BCUT2D eigenvalue weighted by Gasteiger charge is -2.55. The van der Waals surface area contributed by atoms with E-state index in [1.165, 1.54) is 15.9 Å². The molecule has 20 heavy (non-hydrogen) atoms. The van der Waals surface area contributed by atoms with Crippen LogP contribution in [0.25, 0.3) is 0 Å². The van der Waals surface area contributed by atoms with Crippen molar-refractivity contribution in [3.8, 4) is 0 Å². The van der Waals surface area contributed by atoms with E-state index in [9.17, 15) is 5.11 Å². The molecule has 0 spiro atoms. The van der Waals surface area contributed by atoms with Crippen molar-refractivity contribution in [2.45, 2.75) is 18.9 Å². The summed E-state index contributed by atoms with van der Waals surface area (Å²) < 4.78 is 6.33. The molecule has 0 saturated carbocycles. The fourth-order valence-corrected chi connectivity index (χ4v) is 8.49. The molecule has 0 bridgehead atoms. The van der Waals surface area contributed by atoms with Crippen LogP contribution in [0.15, 0.2) is 54.6 Å². The fraction of sp³-hybridized carbons (Fsp3) is 0.294. The van der Waals surface area contributed by atoms with E-state index < -0.39 is 8.32 Å². The predicted octanol–water partition coefficient (Wildman–Crippen LogP) is 1.59. The highest BCUT2D eigenvalue weighted by Gasteiger charge is 2.62. The molecule has 0 amide bonds. The molecule has 104 valence electrons. The zero-order chi connectivity index (χ0) is 14.2. The first kappa shape index (κ1) is 13.6. The van der Waals surface area contributed by atoms with E-state index in [1.54, 1.807) is 0 Å². The first-order valence-electron chi connectivity index (χ1n) is 7.05. The van der Waals surface area contributed by atoms with Crippen molar-refractivity contribution in [1.82, 2.24) is 0 Å². The van der Waals surface area contributed by atoms with Gasteiger partial charge in [-0.3, -0.25) is 0 Å². The highest BCUT2D eigenvalue weighted by molar-refractivity contribution is 7.03. The molecule has 0 radical (unpaired) electrons. The molecule has 0 aliphatic carbocycles. The molecule has 3 rings (SSSR count). The van der Waals surface area contributed by atoms with Gasteiger partial charge >= 0.3 is 0 Å². The van der Waals surface area contributed by atoms with Gasteiger partial charge < -0.3 is 9.53 Å². The Morgan fingerprint density at radius 2 is 1.65 bits per heavy atom. The van der Waals surface area contributed by atoms with Crippen LogP contribution < -0.4 is 10.4 Å². The van der Waals surface area contributed by atoms with Crippen LogP contribution in [-0.4, -0.2) is 26.6 Å². The smallest absolute Gasteiger partial charge is 0.266 e. The molecular weight excluding hydrogens is 264 g/mol. The Labute approximate surface area is 121 Å². The Balaban J connectivity index is 2.18. The van der Waals surface area contributed by atoms with Gasteiger partial charge in [-0.2, -0.15) is 0 Å². The maximum atomic E-state index is 9.21. The van der Waals surface area contributed by atoms with Crippen molar-refractivity contribution in [2.24, 2.45) is 0 Å². The van der Waals surface area contributed by atoms with Crippen LogP contribution in [0.2, 0.25) is 0 Å². The van der Waals surface area contributed by atoms with Crippen molar-refractivity contribution in [2.75, 3.05) is 13.2 Å². The van der Waals surface area contributed by atoms with Crippen molar-refractivity contribution < 1.29 is 9.53 Å². The molecule has 1 atom stereocenters. The van der Waals surface area contributed by atoms with Crippen molar-refractivity contribution in [3.05, 3.63) is 60.2 Å². The van der Waals surface area contributed by atoms with Gasteiger partial charge in [0.25, 0.3) is 8.32 Å². The van der Waals surface area contributed by atoms with Crippen LogP contribution in [0.3, 0.4) is 0 Å². The van der Waals surface area contributed by atoms with Crippen molar-refractivity contribution in [1.29, 1.82) is 0 Å². The average Bonchev–Trinajstić information content (AvgIpc) is 2.49. The fourth-order valence-electron chi connectivity index (χ4n) is 3.53. The summed E-state index contributed by atoms with van der Waals surface area (Å²) in [7, 11) is -2.25. The van der Waals surface area contributed by atoms with Crippen LogP contribution in [0.4, 0.5) is 0 Å². The molecule has 1 N–H and O–H groups in total. The number of aliphatic hydroxyl groups is 1. The van der Waals surface area contributed by atoms with Crippen LogP contribution in [0.1, 0.15) is 19.4 Å². The van der Waals surface area contributed by atoms with E-state index in [2.05, 4.69) is 62.4 Å². The molecule has 2 aromatic carbocycles. The normalized spacial score (nSPS) is 22.9. The second-order valence-electron chi connectivity index (χ2n) is 5.79. The maximum absolute atomic E-state index is 9.21. The van der Waals surface area contributed by atoms with Gasteiger partial charge in [-0.25, -0.2) is 0 Å². The van der Waals surface area contributed by atoms with E-state index in [0.29, 0.717) is 6.61 Å². The summed E-state index contributed by atoms with van der Waals surface area (Å²) in [5.41, 5.74) is 1.38. The maximum Gasteiger partial charge on any atom is 0.266 e. The minimum atomic E-state index is -2.25. The molecule has 0 aromatic heterocycles. The summed E-state index contributed by atoms with van der Waals surface area (Å²) in [6, 6.07) is 19.1. The van der Waals surface area contributed by atoms with Crippen LogP contribution >= 0.6 is 0 Å². The molecule has 1 heterocycles.